The molecule has 0 saturated carbocycles. The monoisotopic (exact) mass is 278 g/mol. The zero-order valence-electron chi connectivity index (χ0n) is 12.6. The molecule has 1 aliphatic heterocycles. The molecule has 1 fully saturated rings. The summed E-state index contributed by atoms with van der Waals surface area (Å²) >= 11 is 0. The number of benzene rings is 1. The van der Waals surface area contributed by atoms with E-state index in [0.717, 1.165) is 39.3 Å². The third-order valence-corrected chi connectivity index (χ3v) is 3.86. The first-order chi connectivity index (χ1) is 9.81. The Kier molecular flexibility index (Phi) is 6.47. The first kappa shape index (κ1) is 15.4. The van der Waals surface area contributed by atoms with Crippen LogP contribution in [-0.4, -0.2) is 69.5 Å². The molecule has 0 amide bonds. The second kappa shape index (κ2) is 8.37. The van der Waals surface area contributed by atoms with Gasteiger partial charge in [0.1, 0.15) is 0 Å². The predicted molar refractivity (Wildman–Crippen MR) is 80.8 cm³/mol. The minimum Gasteiger partial charge on any atom is -0.382 e. The summed E-state index contributed by atoms with van der Waals surface area (Å²) in [5.74, 6) is 0. The average Bonchev–Trinajstić information content (AvgIpc) is 2.50. The Labute approximate surface area is 122 Å². The molecule has 20 heavy (non-hydrogen) atoms. The van der Waals surface area contributed by atoms with E-state index < -0.39 is 0 Å². The Morgan fingerprint density at radius 3 is 2.25 bits per heavy atom. The van der Waals surface area contributed by atoms with Crippen LogP contribution in [0.5, 0.6) is 0 Å². The standard InChI is InChI=1S/C16H26N2O2/c1-19-14-16(20-2)13-18-10-8-17(9-11-18)12-15-6-4-3-5-7-15/h3-7,16H,8-14H2,1-2H3. The molecular weight excluding hydrogens is 252 g/mol. The quantitative estimate of drug-likeness (QED) is 0.754. The SMILES string of the molecule is COCC(CN1CCN(Cc2ccccc2)CC1)OC. The summed E-state index contributed by atoms with van der Waals surface area (Å²) in [5, 5.41) is 0. The summed E-state index contributed by atoms with van der Waals surface area (Å²) in [6, 6.07) is 10.7. The maximum absolute atomic E-state index is 5.44. The summed E-state index contributed by atoms with van der Waals surface area (Å²) in [6.07, 6.45) is 0.181. The van der Waals surface area contributed by atoms with Crippen LogP contribution in [0.15, 0.2) is 30.3 Å². The first-order valence-electron chi connectivity index (χ1n) is 7.32. The number of hydrogen-bond acceptors (Lipinski definition) is 4. The van der Waals surface area contributed by atoms with Crippen LogP contribution >= 0.6 is 0 Å². The van der Waals surface area contributed by atoms with Crippen LogP contribution in [0.2, 0.25) is 0 Å². The first-order valence-corrected chi connectivity index (χ1v) is 7.32. The topological polar surface area (TPSA) is 24.9 Å². The number of nitrogens with zero attached hydrogens (tertiary/aromatic N) is 2. The van der Waals surface area contributed by atoms with Gasteiger partial charge in [0.05, 0.1) is 12.7 Å². The summed E-state index contributed by atoms with van der Waals surface area (Å²) in [6.45, 7) is 7.15. The largest absolute Gasteiger partial charge is 0.382 e. The van der Waals surface area contributed by atoms with E-state index in [9.17, 15) is 0 Å². The number of rotatable bonds is 7. The van der Waals surface area contributed by atoms with Gasteiger partial charge in [0.15, 0.2) is 0 Å². The van der Waals surface area contributed by atoms with E-state index in [4.69, 9.17) is 9.47 Å². The molecule has 0 spiro atoms. The van der Waals surface area contributed by atoms with Gasteiger partial charge in [-0.3, -0.25) is 9.80 Å². The highest BCUT2D eigenvalue weighted by Gasteiger charge is 2.19. The van der Waals surface area contributed by atoms with Crippen LogP contribution in [0.3, 0.4) is 0 Å². The van der Waals surface area contributed by atoms with E-state index >= 15 is 0 Å². The van der Waals surface area contributed by atoms with Gasteiger partial charge in [0.25, 0.3) is 0 Å². The summed E-state index contributed by atoms with van der Waals surface area (Å²) < 4.78 is 10.6. The van der Waals surface area contributed by atoms with E-state index in [1.165, 1.54) is 5.56 Å². The molecule has 1 aliphatic rings. The fourth-order valence-corrected chi connectivity index (χ4v) is 2.64. The zero-order valence-corrected chi connectivity index (χ0v) is 12.6. The van der Waals surface area contributed by atoms with Gasteiger partial charge in [-0.05, 0) is 5.56 Å². The molecule has 1 heterocycles. The van der Waals surface area contributed by atoms with Crippen molar-refractivity contribution in [3.8, 4) is 0 Å². The molecule has 1 unspecified atom stereocenters. The molecule has 112 valence electrons. The van der Waals surface area contributed by atoms with Crippen molar-refractivity contribution in [2.75, 3.05) is 53.6 Å². The summed E-state index contributed by atoms with van der Waals surface area (Å²) in [5.41, 5.74) is 1.40. The van der Waals surface area contributed by atoms with Crippen LogP contribution in [0.25, 0.3) is 0 Å². The van der Waals surface area contributed by atoms with Crippen LogP contribution in [0.1, 0.15) is 5.56 Å². The summed E-state index contributed by atoms with van der Waals surface area (Å²) in [7, 11) is 3.49. The van der Waals surface area contributed by atoms with Crippen LogP contribution < -0.4 is 0 Å². The molecule has 1 saturated heterocycles. The van der Waals surface area contributed by atoms with E-state index in [-0.39, 0.29) is 6.10 Å². The lowest BCUT2D eigenvalue weighted by Crippen LogP contribution is -2.48. The van der Waals surface area contributed by atoms with Crippen molar-refractivity contribution in [3.63, 3.8) is 0 Å². The van der Waals surface area contributed by atoms with Gasteiger partial charge in [-0.15, -0.1) is 0 Å². The highest BCUT2D eigenvalue weighted by atomic mass is 16.5. The van der Waals surface area contributed by atoms with E-state index in [1.54, 1.807) is 14.2 Å². The van der Waals surface area contributed by atoms with Gasteiger partial charge in [-0.1, -0.05) is 30.3 Å². The van der Waals surface area contributed by atoms with Gasteiger partial charge < -0.3 is 9.47 Å². The van der Waals surface area contributed by atoms with Crippen molar-refractivity contribution in [2.24, 2.45) is 0 Å². The van der Waals surface area contributed by atoms with Crippen molar-refractivity contribution >= 4 is 0 Å². The molecule has 0 bridgehead atoms. The Morgan fingerprint density at radius 1 is 1.00 bits per heavy atom. The minimum atomic E-state index is 0.181. The van der Waals surface area contributed by atoms with Crippen molar-refractivity contribution < 1.29 is 9.47 Å². The number of piperazine rings is 1. The number of hydrogen-bond donors (Lipinski definition) is 0. The molecule has 4 heteroatoms. The van der Waals surface area contributed by atoms with Crippen LogP contribution in [0.4, 0.5) is 0 Å². The van der Waals surface area contributed by atoms with Crippen molar-refractivity contribution in [3.05, 3.63) is 35.9 Å². The van der Waals surface area contributed by atoms with Crippen molar-refractivity contribution in [1.29, 1.82) is 0 Å². The van der Waals surface area contributed by atoms with Gasteiger partial charge in [-0.25, -0.2) is 0 Å². The zero-order chi connectivity index (χ0) is 14.2. The Hall–Kier alpha value is -0.940. The van der Waals surface area contributed by atoms with Gasteiger partial charge in [0.2, 0.25) is 0 Å². The Bertz CT molecular complexity index is 364. The predicted octanol–water partition coefficient (Wildman–Crippen LogP) is 1.47. The molecule has 2 rings (SSSR count). The fraction of sp³-hybridized carbons (Fsp3) is 0.625. The maximum Gasteiger partial charge on any atom is 0.0931 e. The van der Waals surface area contributed by atoms with Crippen molar-refractivity contribution in [2.45, 2.75) is 12.6 Å². The maximum atomic E-state index is 5.44. The van der Waals surface area contributed by atoms with Crippen molar-refractivity contribution in [1.82, 2.24) is 9.80 Å². The van der Waals surface area contributed by atoms with Gasteiger partial charge in [-0.2, -0.15) is 0 Å². The Morgan fingerprint density at radius 2 is 1.65 bits per heavy atom. The molecule has 4 nitrogen and oxygen atoms in total. The smallest absolute Gasteiger partial charge is 0.0931 e. The number of ether oxygens (including phenoxy) is 2. The van der Waals surface area contributed by atoms with Gasteiger partial charge in [0, 0.05) is 53.5 Å². The molecule has 1 aromatic rings. The molecule has 0 aliphatic carbocycles. The lowest BCUT2D eigenvalue weighted by atomic mass is 10.2. The third-order valence-electron chi connectivity index (χ3n) is 3.86. The van der Waals surface area contributed by atoms with E-state index in [2.05, 4.69) is 40.1 Å². The molecule has 1 aromatic carbocycles. The van der Waals surface area contributed by atoms with Crippen LogP contribution in [-0.2, 0) is 16.0 Å². The fourth-order valence-electron chi connectivity index (χ4n) is 2.64. The molecule has 0 aromatic heterocycles. The highest BCUT2D eigenvalue weighted by molar-refractivity contribution is 5.14. The molecule has 0 N–H and O–H groups in total. The summed E-state index contributed by atoms with van der Waals surface area (Å²) in [4.78, 5) is 4.98. The lowest BCUT2D eigenvalue weighted by Gasteiger charge is -2.36. The molecule has 0 radical (unpaired) electrons. The molecule has 1 atom stereocenters. The average molecular weight is 278 g/mol. The Balaban J connectivity index is 1.72. The minimum absolute atomic E-state index is 0.181. The van der Waals surface area contributed by atoms with Crippen LogP contribution in [0, 0.1) is 0 Å². The second-order valence-electron chi connectivity index (χ2n) is 5.38. The number of methoxy groups -OCH3 is 2. The van der Waals surface area contributed by atoms with E-state index in [1.807, 2.05) is 0 Å². The lowest BCUT2D eigenvalue weighted by molar-refractivity contribution is -0.00386. The normalized spacial score (nSPS) is 19.1. The second-order valence-corrected chi connectivity index (χ2v) is 5.38. The highest BCUT2D eigenvalue weighted by Crippen LogP contribution is 2.09. The van der Waals surface area contributed by atoms with Gasteiger partial charge >= 0.3 is 0 Å². The third kappa shape index (κ3) is 4.87. The molecular formula is C16H26N2O2. The van der Waals surface area contributed by atoms with E-state index in [0.29, 0.717) is 6.61 Å².